The number of fused-ring (bicyclic) bond motifs is 14. The Morgan fingerprint density at radius 3 is 1.96 bits per heavy atom. The summed E-state index contributed by atoms with van der Waals surface area (Å²) >= 11 is 0. The van der Waals surface area contributed by atoms with Crippen molar-refractivity contribution in [2.45, 2.75) is 38.5 Å². The van der Waals surface area contributed by atoms with Gasteiger partial charge in [-0.2, -0.15) is 0 Å². The van der Waals surface area contributed by atoms with Crippen molar-refractivity contribution in [3.05, 3.63) is 186 Å². The molecule has 9 aromatic carbocycles. The largest absolute Gasteiger partial charge is 0.455 e. The van der Waals surface area contributed by atoms with E-state index in [1.165, 1.54) is 88.5 Å². The van der Waals surface area contributed by atoms with Gasteiger partial charge in [-0.1, -0.05) is 149 Å². The van der Waals surface area contributed by atoms with Crippen LogP contribution in [-0.2, 0) is 10.8 Å². The van der Waals surface area contributed by atoms with Crippen molar-refractivity contribution >= 4 is 71.3 Å². The summed E-state index contributed by atoms with van der Waals surface area (Å²) in [5.74, 6) is 0. The van der Waals surface area contributed by atoms with Crippen molar-refractivity contribution in [1.29, 1.82) is 0 Å². The van der Waals surface area contributed by atoms with E-state index in [4.69, 9.17) is 4.42 Å². The Hall–Kier alpha value is -6.64. The van der Waals surface area contributed by atoms with E-state index in [0.717, 1.165) is 27.3 Å². The Bertz CT molecular complexity index is 3320. The molecule has 2 heteroatoms. The smallest absolute Gasteiger partial charge is 0.143 e. The first kappa shape index (κ1) is 31.7. The number of benzene rings is 9. The Kier molecular flexibility index (Phi) is 6.22. The fraction of sp³-hybridized carbons (Fsp3) is 0.111. The van der Waals surface area contributed by atoms with Gasteiger partial charge in [0.2, 0.25) is 0 Å². The minimum atomic E-state index is -0.280. The number of furan rings is 1. The summed E-state index contributed by atoms with van der Waals surface area (Å²) in [6, 6.07) is 60.9. The molecule has 0 atom stereocenters. The van der Waals surface area contributed by atoms with Gasteiger partial charge in [0.05, 0.1) is 17.1 Å². The van der Waals surface area contributed by atoms with Crippen molar-refractivity contribution in [2.24, 2.45) is 0 Å². The van der Waals surface area contributed by atoms with Crippen LogP contribution >= 0.6 is 0 Å². The Labute approximate surface area is 326 Å². The molecule has 1 aliphatic heterocycles. The lowest BCUT2D eigenvalue weighted by atomic mass is 9.71. The van der Waals surface area contributed by atoms with Gasteiger partial charge in [-0.05, 0) is 109 Å². The average Bonchev–Trinajstić information content (AvgIpc) is 3.72. The third kappa shape index (κ3) is 4.11. The molecule has 0 N–H and O–H groups in total. The summed E-state index contributed by atoms with van der Waals surface area (Å²) in [6.45, 7) is 9.55. The lowest BCUT2D eigenvalue weighted by molar-refractivity contribution is 0.638. The second-order valence-corrected chi connectivity index (χ2v) is 16.9. The highest BCUT2D eigenvalue weighted by Crippen LogP contribution is 2.57. The molecule has 12 rings (SSSR count). The third-order valence-electron chi connectivity index (χ3n) is 13.2. The standard InChI is InChI=1S/C54H39NO/c1-53(2)43-18-10-9-16-41(43)50-39-17-11-19-46(38(39)25-26-44(50)53)55-47-27-22-35(31-45(47)54(3,4)51-36-14-7-5-12-32(36)21-28-48(51)55)34-23-29-49-42(30-34)40-24-20-33-13-6-8-15-37(33)52(40)56-49/h5-31H,1-4H3. The number of nitrogens with zero attached hydrogens (tertiary/aromatic N) is 1. The van der Waals surface area contributed by atoms with Crippen LogP contribution < -0.4 is 4.90 Å². The SMILES string of the molecule is CC1(C)c2ccccc2-c2c1ccc1c(N3c4ccc(-c5ccc6oc7c8ccccc8ccc7c6c5)cc4C(C)(C)c4c3ccc3ccccc43)cccc21. The molecular formula is C54H39NO. The summed E-state index contributed by atoms with van der Waals surface area (Å²) < 4.78 is 6.51. The van der Waals surface area contributed by atoms with Gasteiger partial charge in [0.15, 0.2) is 0 Å². The van der Waals surface area contributed by atoms with E-state index in [1.54, 1.807) is 0 Å². The number of hydrogen-bond acceptors (Lipinski definition) is 2. The van der Waals surface area contributed by atoms with Crippen LogP contribution in [0.3, 0.4) is 0 Å². The van der Waals surface area contributed by atoms with Crippen LogP contribution in [0.4, 0.5) is 17.1 Å². The highest BCUT2D eigenvalue weighted by Gasteiger charge is 2.40. The fourth-order valence-corrected chi connectivity index (χ4v) is 10.5. The molecule has 0 bridgehead atoms. The van der Waals surface area contributed by atoms with Crippen LogP contribution in [0.15, 0.2) is 168 Å². The fourth-order valence-electron chi connectivity index (χ4n) is 10.5. The van der Waals surface area contributed by atoms with Crippen molar-refractivity contribution in [3.63, 3.8) is 0 Å². The van der Waals surface area contributed by atoms with Crippen LogP contribution in [0.25, 0.3) is 76.5 Å². The molecule has 56 heavy (non-hydrogen) atoms. The zero-order valence-corrected chi connectivity index (χ0v) is 31.9. The minimum Gasteiger partial charge on any atom is -0.455 e. The van der Waals surface area contributed by atoms with E-state index in [1.807, 2.05) is 0 Å². The van der Waals surface area contributed by atoms with Crippen LogP contribution in [0.1, 0.15) is 49.9 Å². The van der Waals surface area contributed by atoms with E-state index in [-0.39, 0.29) is 10.8 Å². The van der Waals surface area contributed by atoms with Crippen molar-refractivity contribution < 1.29 is 4.42 Å². The van der Waals surface area contributed by atoms with Gasteiger partial charge >= 0.3 is 0 Å². The number of hydrogen-bond donors (Lipinski definition) is 0. The van der Waals surface area contributed by atoms with E-state index >= 15 is 0 Å². The lowest BCUT2D eigenvalue weighted by Gasteiger charge is -2.43. The van der Waals surface area contributed by atoms with Crippen molar-refractivity contribution in [1.82, 2.24) is 0 Å². The number of rotatable bonds is 2. The van der Waals surface area contributed by atoms with Crippen LogP contribution in [-0.4, -0.2) is 0 Å². The summed E-state index contributed by atoms with van der Waals surface area (Å²) in [5, 5.41) is 9.76. The summed E-state index contributed by atoms with van der Waals surface area (Å²) in [7, 11) is 0. The molecule has 2 aliphatic rings. The molecule has 10 aromatic rings. The molecule has 0 amide bonds. The Morgan fingerprint density at radius 1 is 0.411 bits per heavy atom. The second-order valence-electron chi connectivity index (χ2n) is 16.9. The van der Waals surface area contributed by atoms with Gasteiger partial charge in [-0.3, -0.25) is 0 Å². The highest BCUT2D eigenvalue weighted by atomic mass is 16.3. The molecule has 0 radical (unpaired) electrons. The molecule has 1 aliphatic carbocycles. The Morgan fingerprint density at radius 2 is 1.09 bits per heavy atom. The van der Waals surface area contributed by atoms with Crippen LogP contribution in [0.5, 0.6) is 0 Å². The molecule has 0 spiro atoms. The summed E-state index contributed by atoms with van der Waals surface area (Å²) in [6.07, 6.45) is 0. The maximum atomic E-state index is 6.51. The second kappa shape index (κ2) is 11.0. The lowest BCUT2D eigenvalue weighted by Crippen LogP contribution is -2.31. The predicted molar refractivity (Wildman–Crippen MR) is 236 cm³/mol. The highest BCUT2D eigenvalue weighted by molar-refractivity contribution is 6.16. The van der Waals surface area contributed by atoms with Crippen LogP contribution in [0.2, 0.25) is 0 Å². The van der Waals surface area contributed by atoms with E-state index in [2.05, 4.69) is 196 Å². The topological polar surface area (TPSA) is 16.4 Å². The normalized spacial score (nSPS) is 15.0. The Balaban J connectivity index is 1.10. The van der Waals surface area contributed by atoms with E-state index < -0.39 is 0 Å². The third-order valence-corrected chi connectivity index (χ3v) is 13.2. The molecule has 0 fully saturated rings. The van der Waals surface area contributed by atoms with E-state index in [9.17, 15) is 0 Å². The van der Waals surface area contributed by atoms with Gasteiger partial charge in [0.1, 0.15) is 11.2 Å². The van der Waals surface area contributed by atoms with Gasteiger partial charge in [-0.25, -0.2) is 0 Å². The van der Waals surface area contributed by atoms with Gasteiger partial charge in [0.25, 0.3) is 0 Å². The molecule has 1 aromatic heterocycles. The quantitative estimate of drug-likeness (QED) is 0.177. The van der Waals surface area contributed by atoms with Crippen LogP contribution in [0, 0.1) is 0 Å². The zero-order valence-electron chi connectivity index (χ0n) is 31.9. The van der Waals surface area contributed by atoms with Gasteiger partial charge in [0, 0.05) is 32.4 Å². The first-order valence-corrected chi connectivity index (χ1v) is 19.8. The average molecular weight is 718 g/mol. The summed E-state index contributed by atoms with van der Waals surface area (Å²) in [4.78, 5) is 2.55. The number of anilines is 3. The van der Waals surface area contributed by atoms with Gasteiger partial charge < -0.3 is 9.32 Å². The first-order chi connectivity index (χ1) is 27.3. The maximum Gasteiger partial charge on any atom is 0.143 e. The summed E-state index contributed by atoms with van der Waals surface area (Å²) in [5.41, 5.74) is 15.8. The monoisotopic (exact) mass is 717 g/mol. The zero-order chi connectivity index (χ0) is 37.5. The molecule has 266 valence electrons. The van der Waals surface area contributed by atoms with Crippen molar-refractivity contribution in [2.75, 3.05) is 4.90 Å². The minimum absolute atomic E-state index is 0.0562. The molecule has 0 unspecified atom stereocenters. The van der Waals surface area contributed by atoms with E-state index in [0.29, 0.717) is 0 Å². The maximum absolute atomic E-state index is 6.51. The predicted octanol–water partition coefficient (Wildman–Crippen LogP) is 15.1. The molecule has 2 heterocycles. The molecular weight excluding hydrogens is 679 g/mol. The van der Waals surface area contributed by atoms with Crippen molar-refractivity contribution in [3.8, 4) is 22.3 Å². The molecule has 0 saturated heterocycles. The molecule has 2 nitrogen and oxygen atoms in total. The van der Waals surface area contributed by atoms with Gasteiger partial charge in [-0.15, -0.1) is 0 Å². The molecule has 0 saturated carbocycles. The first-order valence-electron chi connectivity index (χ1n) is 19.8.